The van der Waals surface area contributed by atoms with Gasteiger partial charge in [0.2, 0.25) is 6.41 Å². The molecule has 1 aromatic carbocycles. The molecule has 8 unspecified atom stereocenters. The number of amides is 1. The summed E-state index contributed by atoms with van der Waals surface area (Å²) in [6.45, 7) is 5.07. The summed E-state index contributed by atoms with van der Waals surface area (Å²) in [5, 5.41) is 0. The van der Waals surface area contributed by atoms with E-state index >= 15 is 0 Å². The zero-order chi connectivity index (χ0) is 24.0. The third-order valence-electron chi connectivity index (χ3n) is 10.7. The highest BCUT2D eigenvalue weighted by Crippen LogP contribution is 2.64. The summed E-state index contributed by atoms with van der Waals surface area (Å²) in [7, 11) is 3.96. The van der Waals surface area contributed by atoms with E-state index in [1.165, 1.54) is 51.4 Å². The Morgan fingerprint density at radius 2 is 1.71 bits per heavy atom. The molecule has 0 radical (unpaired) electrons. The van der Waals surface area contributed by atoms with E-state index in [-0.39, 0.29) is 23.7 Å². The van der Waals surface area contributed by atoms with Crippen molar-refractivity contribution in [2.45, 2.75) is 71.6 Å². The molecule has 0 bridgehead atoms. The lowest BCUT2D eigenvalue weighted by atomic mass is 9.49. The Kier molecular flexibility index (Phi) is 6.54. The molecule has 4 aliphatic carbocycles. The number of hydrogen-bond acceptors (Lipinski definition) is 3. The Morgan fingerprint density at radius 1 is 0.971 bits per heavy atom. The predicted octanol–water partition coefficient (Wildman–Crippen LogP) is 6.19. The van der Waals surface area contributed by atoms with Crippen molar-refractivity contribution in [3.8, 4) is 0 Å². The summed E-state index contributed by atoms with van der Waals surface area (Å²) < 4.78 is 0. The van der Waals surface area contributed by atoms with E-state index < -0.39 is 0 Å². The molecule has 34 heavy (non-hydrogen) atoms. The Hall–Kier alpha value is -1.84. The van der Waals surface area contributed by atoms with E-state index in [2.05, 4.69) is 13.8 Å². The van der Waals surface area contributed by atoms with Gasteiger partial charge in [0.05, 0.1) is 17.9 Å². The Morgan fingerprint density at radius 3 is 2.44 bits per heavy atom. The van der Waals surface area contributed by atoms with Crippen LogP contribution in [-0.2, 0) is 9.59 Å². The highest BCUT2D eigenvalue weighted by molar-refractivity contribution is 5.94. The number of anilines is 2. The van der Waals surface area contributed by atoms with Crippen molar-refractivity contribution in [2.24, 2.45) is 46.8 Å². The lowest BCUT2D eigenvalue weighted by molar-refractivity contribution is -0.129. The second-order valence-corrected chi connectivity index (χ2v) is 12.6. The van der Waals surface area contributed by atoms with Gasteiger partial charge >= 0.3 is 0 Å². The smallest absolute Gasteiger partial charge is 0.214 e. The summed E-state index contributed by atoms with van der Waals surface area (Å²) in [5.41, 5.74) is 1.91. The molecule has 186 valence electrons. The molecule has 0 aromatic heterocycles. The number of Topliss-reactive ketones (excluding diaryl/α,β-unsaturated/α-hetero) is 1. The van der Waals surface area contributed by atoms with Gasteiger partial charge in [-0.2, -0.15) is 0 Å². The number of rotatable bonds is 6. The molecule has 4 saturated carbocycles. The maximum absolute atomic E-state index is 13.7. The van der Waals surface area contributed by atoms with E-state index in [4.69, 9.17) is 0 Å². The Labute approximate surface area is 206 Å². The van der Waals surface area contributed by atoms with E-state index in [0.717, 1.165) is 53.8 Å². The van der Waals surface area contributed by atoms with Gasteiger partial charge in [0.1, 0.15) is 0 Å². The summed E-state index contributed by atoms with van der Waals surface area (Å²) in [6, 6.07) is 7.88. The summed E-state index contributed by atoms with van der Waals surface area (Å²) >= 11 is 0. The fourth-order valence-corrected chi connectivity index (χ4v) is 9.16. The van der Waals surface area contributed by atoms with Crippen LogP contribution in [0.1, 0.15) is 71.6 Å². The van der Waals surface area contributed by atoms with Crippen LogP contribution in [0.15, 0.2) is 24.3 Å². The number of hydrogen-bond donors (Lipinski definition) is 0. The zero-order valence-corrected chi connectivity index (χ0v) is 21.7. The van der Waals surface area contributed by atoms with Gasteiger partial charge in [-0.25, -0.2) is 0 Å². The highest BCUT2D eigenvalue weighted by atomic mass is 16.1. The molecule has 5 rings (SSSR count). The van der Waals surface area contributed by atoms with Crippen LogP contribution in [0.5, 0.6) is 0 Å². The van der Waals surface area contributed by atoms with Crippen molar-refractivity contribution in [3.05, 3.63) is 24.3 Å². The molecule has 1 aromatic rings. The number of para-hydroxylation sites is 2. The number of benzene rings is 1. The minimum absolute atomic E-state index is 0.0940. The molecule has 4 heteroatoms. The maximum Gasteiger partial charge on any atom is 0.214 e. The molecular formula is C30H44N2O2. The van der Waals surface area contributed by atoms with Crippen LogP contribution in [0.2, 0.25) is 0 Å². The largest absolute Gasteiger partial charge is 0.376 e. The normalized spacial score (nSPS) is 38.9. The van der Waals surface area contributed by atoms with E-state index in [0.29, 0.717) is 5.92 Å². The lowest BCUT2D eigenvalue weighted by Crippen LogP contribution is -2.50. The van der Waals surface area contributed by atoms with Gasteiger partial charge in [-0.3, -0.25) is 9.59 Å². The monoisotopic (exact) mass is 464 g/mol. The van der Waals surface area contributed by atoms with Crippen LogP contribution in [0.25, 0.3) is 0 Å². The fourth-order valence-electron chi connectivity index (χ4n) is 9.16. The number of carbonyl (C=O) groups is 2. The molecule has 0 aliphatic heterocycles. The van der Waals surface area contributed by atoms with Gasteiger partial charge in [0.25, 0.3) is 0 Å². The predicted molar refractivity (Wildman–Crippen MR) is 139 cm³/mol. The summed E-state index contributed by atoms with van der Waals surface area (Å²) in [4.78, 5) is 29.5. The van der Waals surface area contributed by atoms with E-state index in [1.807, 2.05) is 43.3 Å². The first-order valence-corrected chi connectivity index (χ1v) is 13.8. The SMILES string of the molecule is CC1CCC2C(CCC3C2CCC2(C)C(C(=O)CN(C=O)c4ccccc4N(C)C)CCC32)C1. The van der Waals surface area contributed by atoms with Crippen LogP contribution >= 0.6 is 0 Å². The third kappa shape index (κ3) is 3.99. The number of fused-ring (bicyclic) bond motifs is 5. The maximum atomic E-state index is 13.7. The molecular weight excluding hydrogens is 420 g/mol. The van der Waals surface area contributed by atoms with Crippen LogP contribution in [0, 0.1) is 46.8 Å². The minimum atomic E-state index is 0.0940. The van der Waals surface area contributed by atoms with Gasteiger partial charge in [-0.1, -0.05) is 32.4 Å². The zero-order valence-electron chi connectivity index (χ0n) is 21.7. The average molecular weight is 465 g/mol. The van der Waals surface area contributed by atoms with Crippen molar-refractivity contribution < 1.29 is 9.59 Å². The van der Waals surface area contributed by atoms with Crippen molar-refractivity contribution in [2.75, 3.05) is 30.4 Å². The molecule has 4 nitrogen and oxygen atoms in total. The first-order valence-electron chi connectivity index (χ1n) is 13.8. The van der Waals surface area contributed by atoms with Crippen LogP contribution in [-0.4, -0.2) is 32.8 Å². The molecule has 0 heterocycles. The van der Waals surface area contributed by atoms with Gasteiger partial charge in [0, 0.05) is 20.0 Å². The fraction of sp³-hybridized carbons (Fsp3) is 0.733. The number of nitrogens with zero attached hydrogens (tertiary/aromatic N) is 2. The highest BCUT2D eigenvalue weighted by Gasteiger charge is 2.58. The van der Waals surface area contributed by atoms with Crippen molar-refractivity contribution >= 4 is 23.6 Å². The minimum Gasteiger partial charge on any atom is -0.376 e. The Balaban J connectivity index is 1.31. The second kappa shape index (κ2) is 9.32. The third-order valence-corrected chi connectivity index (χ3v) is 10.7. The molecule has 0 spiro atoms. The van der Waals surface area contributed by atoms with Gasteiger partial charge in [-0.05, 0) is 104 Å². The van der Waals surface area contributed by atoms with Crippen molar-refractivity contribution in [3.63, 3.8) is 0 Å². The van der Waals surface area contributed by atoms with Gasteiger partial charge in [-0.15, -0.1) is 0 Å². The molecule has 4 fully saturated rings. The van der Waals surface area contributed by atoms with Crippen LogP contribution < -0.4 is 9.80 Å². The molecule has 0 saturated heterocycles. The van der Waals surface area contributed by atoms with Crippen LogP contribution in [0.4, 0.5) is 11.4 Å². The molecule has 0 N–H and O–H groups in total. The average Bonchev–Trinajstić information content (AvgIpc) is 3.19. The molecule has 4 aliphatic rings. The standard InChI is InChI=1S/C30H44N2O2/c1-20-9-11-22-21(17-20)10-12-24-23(22)15-16-30(2)25(24)13-14-26(30)29(34)18-32(19-33)28-8-6-5-7-27(28)31(3)4/h5-8,19-26H,9-18H2,1-4H3. The molecule has 8 atom stereocenters. The Bertz CT molecular complexity index is 913. The topological polar surface area (TPSA) is 40.6 Å². The first-order chi connectivity index (χ1) is 16.3. The van der Waals surface area contributed by atoms with Gasteiger partial charge in [0.15, 0.2) is 5.78 Å². The summed E-state index contributed by atoms with van der Waals surface area (Å²) in [6.07, 6.45) is 12.7. The lowest BCUT2D eigenvalue weighted by Gasteiger charge is -2.56. The number of carbonyl (C=O) groups excluding carboxylic acids is 2. The second-order valence-electron chi connectivity index (χ2n) is 12.6. The van der Waals surface area contributed by atoms with Crippen molar-refractivity contribution in [1.82, 2.24) is 0 Å². The van der Waals surface area contributed by atoms with E-state index in [1.54, 1.807) is 4.90 Å². The number of ketones is 1. The van der Waals surface area contributed by atoms with E-state index in [9.17, 15) is 9.59 Å². The molecule has 1 amide bonds. The summed E-state index contributed by atoms with van der Waals surface area (Å²) in [5.74, 6) is 5.60. The first kappa shape index (κ1) is 23.9. The quantitative estimate of drug-likeness (QED) is 0.471. The van der Waals surface area contributed by atoms with Crippen LogP contribution in [0.3, 0.4) is 0 Å². The van der Waals surface area contributed by atoms with Gasteiger partial charge < -0.3 is 9.80 Å². The van der Waals surface area contributed by atoms with Crippen molar-refractivity contribution in [1.29, 1.82) is 0 Å².